The molecule has 0 bridgehead atoms. The van der Waals surface area contributed by atoms with E-state index in [9.17, 15) is 10.1 Å². The molecule has 0 aliphatic heterocycles. The molecule has 7 heteroatoms. The maximum absolute atomic E-state index is 13.6. The number of methoxy groups -OCH3 is 1. The van der Waals surface area contributed by atoms with Crippen molar-refractivity contribution in [1.29, 1.82) is 5.26 Å². The van der Waals surface area contributed by atoms with E-state index in [-0.39, 0.29) is 17.6 Å². The van der Waals surface area contributed by atoms with Gasteiger partial charge in [0.2, 0.25) is 0 Å². The summed E-state index contributed by atoms with van der Waals surface area (Å²) in [5.74, 6) is 0.0281. The van der Waals surface area contributed by atoms with Crippen molar-refractivity contribution in [3.63, 3.8) is 0 Å². The van der Waals surface area contributed by atoms with Crippen LogP contribution in [0.3, 0.4) is 0 Å². The summed E-state index contributed by atoms with van der Waals surface area (Å²) in [6.07, 6.45) is 0.672. The zero-order valence-electron chi connectivity index (χ0n) is 17.4. The van der Waals surface area contributed by atoms with E-state index in [4.69, 9.17) is 33.7 Å². The van der Waals surface area contributed by atoms with Crippen LogP contribution in [0.1, 0.15) is 33.8 Å². The summed E-state index contributed by atoms with van der Waals surface area (Å²) in [6.45, 7) is 0.880. The first-order chi connectivity index (χ1) is 14.9. The van der Waals surface area contributed by atoms with Crippen LogP contribution in [-0.4, -0.2) is 38.1 Å². The van der Waals surface area contributed by atoms with Crippen molar-refractivity contribution in [1.82, 2.24) is 4.90 Å². The first-order valence-corrected chi connectivity index (χ1v) is 10.6. The van der Waals surface area contributed by atoms with Crippen LogP contribution in [0.4, 0.5) is 0 Å². The second-order valence-electron chi connectivity index (χ2n) is 7.30. The van der Waals surface area contributed by atoms with Crippen molar-refractivity contribution >= 4 is 39.9 Å². The minimum Gasteiger partial charge on any atom is -0.495 e. The largest absolute Gasteiger partial charge is 0.495 e. The topological polar surface area (TPSA) is 79.3 Å². The third-order valence-electron chi connectivity index (χ3n) is 5.31. The highest BCUT2D eigenvalue weighted by molar-refractivity contribution is 6.42. The molecular formula is C24H23Cl2N3O2. The van der Waals surface area contributed by atoms with E-state index in [2.05, 4.69) is 6.07 Å². The molecule has 160 valence electrons. The average molecular weight is 456 g/mol. The molecule has 0 saturated carbocycles. The third-order valence-corrected chi connectivity index (χ3v) is 6.05. The molecule has 5 nitrogen and oxygen atoms in total. The van der Waals surface area contributed by atoms with Crippen molar-refractivity contribution in [3.05, 3.63) is 75.3 Å². The molecule has 0 fully saturated rings. The Morgan fingerprint density at radius 3 is 2.58 bits per heavy atom. The van der Waals surface area contributed by atoms with Crippen LogP contribution in [0.15, 0.2) is 48.5 Å². The summed E-state index contributed by atoms with van der Waals surface area (Å²) in [5.41, 5.74) is 7.49. The Morgan fingerprint density at radius 2 is 1.94 bits per heavy atom. The van der Waals surface area contributed by atoms with Gasteiger partial charge in [0.15, 0.2) is 0 Å². The lowest BCUT2D eigenvalue weighted by molar-refractivity contribution is 0.0783. The van der Waals surface area contributed by atoms with E-state index < -0.39 is 0 Å². The second kappa shape index (κ2) is 10.0. The fraction of sp³-hybridized carbons (Fsp3) is 0.250. The number of carbonyl (C=O) groups is 1. The smallest absolute Gasteiger partial charge is 0.258 e. The van der Waals surface area contributed by atoms with Crippen molar-refractivity contribution in [2.24, 2.45) is 5.73 Å². The van der Waals surface area contributed by atoms with Gasteiger partial charge in [0.25, 0.3) is 5.91 Å². The van der Waals surface area contributed by atoms with Gasteiger partial charge >= 0.3 is 0 Å². The lowest BCUT2D eigenvalue weighted by atomic mass is 9.94. The predicted octanol–water partition coefficient (Wildman–Crippen LogP) is 5.23. The molecule has 0 radical (unpaired) electrons. The number of benzene rings is 3. The Kier molecular flexibility index (Phi) is 7.40. The summed E-state index contributed by atoms with van der Waals surface area (Å²) in [6, 6.07) is 16.8. The Balaban J connectivity index is 2.01. The van der Waals surface area contributed by atoms with Crippen LogP contribution in [-0.2, 0) is 0 Å². The zero-order chi connectivity index (χ0) is 22.5. The molecule has 2 N–H and O–H groups in total. The number of hydrogen-bond donors (Lipinski definition) is 1. The number of fused-ring (bicyclic) bond motifs is 1. The number of nitrogens with zero attached hydrogens (tertiary/aromatic N) is 2. The van der Waals surface area contributed by atoms with Gasteiger partial charge in [-0.15, -0.1) is 0 Å². The number of nitrogens with two attached hydrogens (primary N) is 1. The Morgan fingerprint density at radius 1 is 1.19 bits per heavy atom. The lowest BCUT2D eigenvalue weighted by Gasteiger charge is -2.26. The van der Waals surface area contributed by atoms with E-state index in [0.29, 0.717) is 40.7 Å². The predicted molar refractivity (Wildman–Crippen MR) is 125 cm³/mol. The number of rotatable bonds is 7. The molecule has 0 heterocycles. The third kappa shape index (κ3) is 4.77. The molecule has 31 heavy (non-hydrogen) atoms. The summed E-state index contributed by atoms with van der Waals surface area (Å²) < 4.78 is 5.49. The maximum atomic E-state index is 13.6. The van der Waals surface area contributed by atoms with Crippen LogP contribution < -0.4 is 10.5 Å². The van der Waals surface area contributed by atoms with Gasteiger partial charge in [-0.3, -0.25) is 4.79 Å². The van der Waals surface area contributed by atoms with E-state index >= 15 is 0 Å². The quantitative estimate of drug-likeness (QED) is 0.528. The molecular weight excluding hydrogens is 433 g/mol. The molecule has 1 atom stereocenters. The monoisotopic (exact) mass is 455 g/mol. The van der Waals surface area contributed by atoms with Gasteiger partial charge in [-0.2, -0.15) is 5.26 Å². The van der Waals surface area contributed by atoms with Gasteiger partial charge in [-0.05, 0) is 47.5 Å². The van der Waals surface area contributed by atoms with Gasteiger partial charge in [-0.25, -0.2) is 0 Å². The Bertz CT molecular complexity index is 1160. The maximum Gasteiger partial charge on any atom is 0.258 e. The first kappa shape index (κ1) is 22.9. The second-order valence-corrected chi connectivity index (χ2v) is 8.11. The van der Waals surface area contributed by atoms with Gasteiger partial charge in [0, 0.05) is 19.5 Å². The van der Waals surface area contributed by atoms with Gasteiger partial charge in [-0.1, -0.05) is 53.5 Å². The van der Waals surface area contributed by atoms with E-state index in [1.807, 2.05) is 36.4 Å². The van der Waals surface area contributed by atoms with E-state index in [0.717, 1.165) is 16.3 Å². The molecule has 0 saturated heterocycles. The molecule has 3 aromatic rings. The molecule has 0 spiro atoms. The van der Waals surface area contributed by atoms with Crippen molar-refractivity contribution in [2.45, 2.75) is 12.3 Å². The molecule has 0 aliphatic rings. The highest BCUT2D eigenvalue weighted by atomic mass is 35.5. The molecule has 0 unspecified atom stereocenters. The highest BCUT2D eigenvalue weighted by Crippen LogP contribution is 2.34. The first-order valence-electron chi connectivity index (χ1n) is 9.81. The van der Waals surface area contributed by atoms with Crippen molar-refractivity contribution < 1.29 is 9.53 Å². The highest BCUT2D eigenvalue weighted by Gasteiger charge is 2.25. The van der Waals surface area contributed by atoms with Crippen LogP contribution in [0, 0.1) is 11.3 Å². The summed E-state index contributed by atoms with van der Waals surface area (Å²) in [5, 5.41) is 12.1. The minimum absolute atomic E-state index is 0.0230. The summed E-state index contributed by atoms with van der Waals surface area (Å²) in [4.78, 5) is 15.2. The summed E-state index contributed by atoms with van der Waals surface area (Å²) >= 11 is 12.3. The zero-order valence-corrected chi connectivity index (χ0v) is 18.9. The van der Waals surface area contributed by atoms with Gasteiger partial charge in [0.05, 0.1) is 28.3 Å². The fourth-order valence-electron chi connectivity index (χ4n) is 3.77. The van der Waals surface area contributed by atoms with Crippen molar-refractivity contribution in [2.75, 3.05) is 27.2 Å². The van der Waals surface area contributed by atoms with Crippen LogP contribution in [0.25, 0.3) is 10.8 Å². The Labute approximate surface area is 191 Å². The normalized spacial score (nSPS) is 11.7. The number of halogens is 2. The standard InChI is InChI=1S/C24H23Cl2N3O2/c1-29(14-17(9-10-27)15-7-8-20(25)21(26)12-15)24(30)22-19-6-4-3-5-16(19)11-18(13-28)23(22)31-2/h3-8,11-12,17H,9-10,14,27H2,1-2H3/t17-/m1/s1. The summed E-state index contributed by atoms with van der Waals surface area (Å²) in [7, 11) is 3.20. The fourth-order valence-corrected chi connectivity index (χ4v) is 4.08. The number of nitriles is 1. The average Bonchev–Trinajstić information content (AvgIpc) is 2.78. The SMILES string of the molecule is COc1c(C#N)cc2ccccc2c1C(=O)N(C)C[C@@H](CCN)c1ccc(Cl)c(Cl)c1. The van der Waals surface area contributed by atoms with E-state index in [1.165, 1.54) is 7.11 Å². The lowest BCUT2D eigenvalue weighted by Crippen LogP contribution is -2.32. The van der Waals surface area contributed by atoms with Crippen molar-refractivity contribution in [3.8, 4) is 11.8 Å². The number of likely N-dealkylation sites (N-methyl/N-ethyl adjacent to an activating group) is 1. The van der Waals surface area contributed by atoms with E-state index in [1.54, 1.807) is 24.1 Å². The number of ether oxygens (including phenoxy) is 1. The van der Waals surface area contributed by atoms with Gasteiger partial charge in [0.1, 0.15) is 11.8 Å². The molecule has 1 amide bonds. The number of amides is 1. The molecule has 3 aromatic carbocycles. The molecule has 3 rings (SSSR count). The Hall–Kier alpha value is -2.78. The van der Waals surface area contributed by atoms with Crippen LogP contribution >= 0.6 is 23.2 Å². The number of carbonyl (C=O) groups excluding carboxylic acids is 1. The minimum atomic E-state index is -0.229. The van der Waals surface area contributed by atoms with Gasteiger partial charge < -0.3 is 15.4 Å². The van der Waals surface area contributed by atoms with Crippen LogP contribution in [0.2, 0.25) is 10.0 Å². The van der Waals surface area contributed by atoms with Crippen LogP contribution in [0.5, 0.6) is 5.75 Å². The number of hydrogen-bond acceptors (Lipinski definition) is 4. The molecule has 0 aromatic heterocycles. The molecule has 0 aliphatic carbocycles.